The second kappa shape index (κ2) is 9.74. The van der Waals surface area contributed by atoms with E-state index in [1.807, 2.05) is 37.3 Å². The summed E-state index contributed by atoms with van der Waals surface area (Å²) in [5.74, 6) is 0.697. The highest BCUT2D eigenvalue weighted by Gasteiger charge is 2.10. The Hall–Kier alpha value is -1.26. The lowest BCUT2D eigenvalue weighted by atomic mass is 10.2. The second-order valence-electron chi connectivity index (χ2n) is 3.85. The number of rotatable bonds is 7. The van der Waals surface area contributed by atoms with E-state index in [0.717, 1.165) is 12.2 Å². The van der Waals surface area contributed by atoms with Crippen LogP contribution in [0.2, 0.25) is 0 Å². The number of carbonyl (C=O) groups is 1. The van der Waals surface area contributed by atoms with Crippen LogP contribution in [0, 0.1) is 0 Å². The van der Waals surface area contributed by atoms with Crippen molar-refractivity contribution in [1.29, 1.82) is 0 Å². The van der Waals surface area contributed by atoms with Gasteiger partial charge in [0.2, 0.25) is 5.91 Å². The van der Waals surface area contributed by atoms with Gasteiger partial charge in [0.25, 0.3) is 0 Å². The van der Waals surface area contributed by atoms with Gasteiger partial charge >= 0.3 is 0 Å². The molecule has 5 heteroatoms. The van der Waals surface area contributed by atoms with Gasteiger partial charge in [-0.2, -0.15) is 0 Å². The summed E-state index contributed by atoms with van der Waals surface area (Å²) in [5, 5.41) is 2.75. The molecule has 4 nitrogen and oxygen atoms in total. The molecule has 1 aromatic carbocycles. The lowest BCUT2D eigenvalue weighted by Gasteiger charge is -2.11. The number of amides is 1. The van der Waals surface area contributed by atoms with E-state index in [9.17, 15) is 4.79 Å². The Balaban J connectivity index is 0.00000289. The van der Waals surface area contributed by atoms with Gasteiger partial charge in [-0.05, 0) is 18.6 Å². The molecule has 0 aliphatic rings. The minimum Gasteiger partial charge on any atom is -0.492 e. The van der Waals surface area contributed by atoms with Crippen molar-refractivity contribution in [2.45, 2.75) is 25.8 Å². The van der Waals surface area contributed by atoms with Gasteiger partial charge in [-0.1, -0.05) is 31.5 Å². The highest BCUT2D eigenvalue weighted by Crippen LogP contribution is 2.07. The molecular formula is C13H21ClN2O2. The molecule has 0 saturated heterocycles. The summed E-state index contributed by atoms with van der Waals surface area (Å²) in [7, 11) is 0. The van der Waals surface area contributed by atoms with Crippen LogP contribution in [0.1, 0.15) is 19.8 Å². The maximum absolute atomic E-state index is 11.5. The summed E-state index contributed by atoms with van der Waals surface area (Å²) in [6, 6.07) is 9.10. The van der Waals surface area contributed by atoms with Crippen molar-refractivity contribution in [2.24, 2.45) is 5.73 Å². The van der Waals surface area contributed by atoms with E-state index in [1.165, 1.54) is 0 Å². The Morgan fingerprint density at radius 1 is 1.39 bits per heavy atom. The molecule has 1 unspecified atom stereocenters. The number of hydrogen-bond donors (Lipinski definition) is 2. The summed E-state index contributed by atoms with van der Waals surface area (Å²) in [6.07, 6.45) is 1.63. The number of carbonyl (C=O) groups excluding carboxylic acids is 1. The number of para-hydroxylation sites is 1. The van der Waals surface area contributed by atoms with Crippen LogP contribution in [0.5, 0.6) is 5.75 Å². The lowest BCUT2D eigenvalue weighted by Crippen LogP contribution is -2.41. The Kier molecular flexibility index (Phi) is 9.06. The van der Waals surface area contributed by atoms with Gasteiger partial charge in [0, 0.05) is 0 Å². The van der Waals surface area contributed by atoms with E-state index in [2.05, 4.69) is 5.32 Å². The van der Waals surface area contributed by atoms with E-state index < -0.39 is 6.04 Å². The van der Waals surface area contributed by atoms with E-state index >= 15 is 0 Å². The van der Waals surface area contributed by atoms with E-state index in [-0.39, 0.29) is 18.3 Å². The fraction of sp³-hybridized carbons (Fsp3) is 0.462. The molecule has 102 valence electrons. The minimum absolute atomic E-state index is 0. The predicted molar refractivity (Wildman–Crippen MR) is 75.1 cm³/mol. The Bertz CT molecular complexity index is 333. The van der Waals surface area contributed by atoms with Crippen LogP contribution >= 0.6 is 12.4 Å². The molecule has 0 aliphatic carbocycles. The Morgan fingerprint density at radius 3 is 2.67 bits per heavy atom. The summed E-state index contributed by atoms with van der Waals surface area (Å²) in [4.78, 5) is 11.5. The minimum atomic E-state index is -0.406. The maximum atomic E-state index is 11.5. The summed E-state index contributed by atoms with van der Waals surface area (Å²) >= 11 is 0. The first-order chi connectivity index (χ1) is 8.24. The fourth-order valence-corrected chi connectivity index (χ4v) is 1.43. The zero-order valence-corrected chi connectivity index (χ0v) is 11.4. The van der Waals surface area contributed by atoms with Crippen LogP contribution in [-0.2, 0) is 4.79 Å². The zero-order chi connectivity index (χ0) is 12.5. The third-order valence-corrected chi connectivity index (χ3v) is 2.35. The van der Waals surface area contributed by atoms with E-state index in [0.29, 0.717) is 19.6 Å². The normalized spacial score (nSPS) is 11.2. The van der Waals surface area contributed by atoms with E-state index in [1.54, 1.807) is 0 Å². The van der Waals surface area contributed by atoms with Gasteiger partial charge in [0.15, 0.2) is 0 Å². The predicted octanol–water partition coefficient (Wildman–Crippen LogP) is 1.73. The van der Waals surface area contributed by atoms with Gasteiger partial charge in [-0.3, -0.25) is 4.79 Å². The van der Waals surface area contributed by atoms with Crippen LogP contribution in [0.4, 0.5) is 0 Å². The third-order valence-electron chi connectivity index (χ3n) is 2.35. The van der Waals surface area contributed by atoms with Crippen LogP contribution in [0.25, 0.3) is 0 Å². The number of hydrogen-bond acceptors (Lipinski definition) is 3. The van der Waals surface area contributed by atoms with Crippen LogP contribution in [0.15, 0.2) is 30.3 Å². The molecule has 0 spiro atoms. The van der Waals surface area contributed by atoms with Gasteiger partial charge in [0.05, 0.1) is 12.6 Å². The molecule has 0 aromatic heterocycles. The first-order valence-electron chi connectivity index (χ1n) is 5.95. The van der Waals surface area contributed by atoms with Gasteiger partial charge in [0.1, 0.15) is 12.4 Å². The van der Waals surface area contributed by atoms with Gasteiger partial charge < -0.3 is 15.8 Å². The third kappa shape index (κ3) is 6.47. The van der Waals surface area contributed by atoms with Crippen LogP contribution in [0.3, 0.4) is 0 Å². The molecule has 0 bridgehead atoms. The number of halogens is 1. The molecule has 0 heterocycles. The van der Waals surface area contributed by atoms with Crippen molar-refractivity contribution in [3.8, 4) is 5.75 Å². The largest absolute Gasteiger partial charge is 0.492 e. The number of benzene rings is 1. The first-order valence-corrected chi connectivity index (χ1v) is 5.95. The average Bonchev–Trinajstić information content (AvgIpc) is 2.36. The fourth-order valence-electron chi connectivity index (χ4n) is 1.43. The molecule has 0 aliphatic heterocycles. The highest BCUT2D eigenvalue weighted by atomic mass is 35.5. The standard InChI is InChI=1S/C13H20N2O2.ClH/c1-2-6-12(14)13(16)15-9-10-17-11-7-4-3-5-8-11;/h3-5,7-8,12H,2,6,9-10,14H2,1H3,(H,15,16);1H. The molecule has 1 aromatic rings. The molecule has 0 fully saturated rings. The van der Waals surface area contributed by atoms with Crippen molar-refractivity contribution >= 4 is 18.3 Å². The zero-order valence-electron chi connectivity index (χ0n) is 10.6. The van der Waals surface area contributed by atoms with Crippen molar-refractivity contribution in [3.05, 3.63) is 30.3 Å². The maximum Gasteiger partial charge on any atom is 0.237 e. The summed E-state index contributed by atoms with van der Waals surface area (Å²) < 4.78 is 5.44. The van der Waals surface area contributed by atoms with Crippen molar-refractivity contribution in [3.63, 3.8) is 0 Å². The van der Waals surface area contributed by atoms with Crippen molar-refractivity contribution in [1.82, 2.24) is 5.32 Å². The molecule has 0 radical (unpaired) electrons. The second-order valence-corrected chi connectivity index (χ2v) is 3.85. The molecule has 0 saturated carbocycles. The summed E-state index contributed by atoms with van der Waals surface area (Å²) in [5.41, 5.74) is 5.67. The van der Waals surface area contributed by atoms with Crippen molar-refractivity contribution in [2.75, 3.05) is 13.2 Å². The molecule has 3 N–H and O–H groups in total. The number of nitrogens with one attached hydrogen (secondary N) is 1. The van der Waals surface area contributed by atoms with E-state index in [4.69, 9.17) is 10.5 Å². The molecule has 1 atom stereocenters. The molecule has 18 heavy (non-hydrogen) atoms. The molecule has 1 amide bonds. The monoisotopic (exact) mass is 272 g/mol. The quantitative estimate of drug-likeness (QED) is 0.743. The first kappa shape index (κ1) is 16.7. The SMILES string of the molecule is CCCC(N)C(=O)NCCOc1ccccc1.Cl. The average molecular weight is 273 g/mol. The molecule has 1 rings (SSSR count). The topological polar surface area (TPSA) is 64.4 Å². The number of nitrogens with two attached hydrogens (primary N) is 1. The Morgan fingerprint density at radius 2 is 2.06 bits per heavy atom. The summed E-state index contributed by atoms with van der Waals surface area (Å²) in [6.45, 7) is 2.94. The van der Waals surface area contributed by atoms with Gasteiger partial charge in [-0.15, -0.1) is 12.4 Å². The molecular weight excluding hydrogens is 252 g/mol. The highest BCUT2D eigenvalue weighted by molar-refractivity contribution is 5.85. The Labute approximate surface area is 114 Å². The lowest BCUT2D eigenvalue weighted by molar-refractivity contribution is -0.122. The smallest absolute Gasteiger partial charge is 0.237 e. The number of ether oxygens (including phenoxy) is 1. The van der Waals surface area contributed by atoms with Crippen LogP contribution < -0.4 is 15.8 Å². The van der Waals surface area contributed by atoms with Gasteiger partial charge in [-0.25, -0.2) is 0 Å². The van der Waals surface area contributed by atoms with Crippen LogP contribution in [-0.4, -0.2) is 25.1 Å². The van der Waals surface area contributed by atoms with Crippen molar-refractivity contribution < 1.29 is 9.53 Å².